The Balaban J connectivity index is 1.99. The Bertz CT molecular complexity index is 485. The van der Waals surface area contributed by atoms with Crippen molar-refractivity contribution >= 4 is 0 Å². The van der Waals surface area contributed by atoms with E-state index < -0.39 is 0 Å². The smallest absolute Gasteiger partial charge is 0.109 e. The summed E-state index contributed by atoms with van der Waals surface area (Å²) in [5.74, 6) is 2.02. The van der Waals surface area contributed by atoms with Crippen molar-refractivity contribution < 1.29 is 0 Å². The zero-order valence-corrected chi connectivity index (χ0v) is 9.56. The van der Waals surface area contributed by atoms with Gasteiger partial charge in [0.25, 0.3) is 0 Å². The lowest BCUT2D eigenvalue weighted by molar-refractivity contribution is 0.409. The van der Waals surface area contributed by atoms with E-state index in [4.69, 9.17) is 4.98 Å². The molecule has 0 unspecified atom stereocenters. The third-order valence-corrected chi connectivity index (χ3v) is 3.32. The molecular formula is C14H16N2. The maximum Gasteiger partial charge on any atom is 0.109 e. The molecule has 0 saturated heterocycles. The highest BCUT2D eigenvalue weighted by Gasteiger charge is 2.17. The molecule has 82 valence electrons. The molecule has 0 N–H and O–H groups in total. The topological polar surface area (TPSA) is 17.8 Å². The SMILES string of the molecule is C[C@H]1CCn2cc(-c3ccccc3)nc2C1. The molecule has 0 radical (unpaired) electrons. The van der Waals surface area contributed by atoms with E-state index in [1.807, 2.05) is 6.07 Å². The van der Waals surface area contributed by atoms with Crippen molar-refractivity contribution in [3.63, 3.8) is 0 Å². The molecule has 2 aromatic rings. The van der Waals surface area contributed by atoms with Gasteiger partial charge in [-0.25, -0.2) is 4.98 Å². The number of imidazole rings is 1. The number of aromatic nitrogens is 2. The van der Waals surface area contributed by atoms with E-state index >= 15 is 0 Å². The van der Waals surface area contributed by atoms with Crippen LogP contribution in [0.5, 0.6) is 0 Å². The molecule has 0 aliphatic carbocycles. The molecule has 16 heavy (non-hydrogen) atoms. The van der Waals surface area contributed by atoms with Crippen LogP contribution < -0.4 is 0 Å². The van der Waals surface area contributed by atoms with Gasteiger partial charge in [-0.3, -0.25) is 0 Å². The van der Waals surface area contributed by atoms with E-state index in [9.17, 15) is 0 Å². The van der Waals surface area contributed by atoms with Crippen LogP contribution in [0.2, 0.25) is 0 Å². The van der Waals surface area contributed by atoms with Gasteiger partial charge in [0.1, 0.15) is 5.82 Å². The Morgan fingerprint density at radius 1 is 1.25 bits per heavy atom. The molecule has 2 nitrogen and oxygen atoms in total. The first kappa shape index (κ1) is 9.64. The van der Waals surface area contributed by atoms with Crippen molar-refractivity contribution in [1.82, 2.24) is 9.55 Å². The molecule has 2 heterocycles. The van der Waals surface area contributed by atoms with Crippen LogP contribution in [-0.2, 0) is 13.0 Å². The summed E-state index contributed by atoms with van der Waals surface area (Å²) in [5.41, 5.74) is 2.33. The predicted octanol–water partition coefficient (Wildman–Crippen LogP) is 3.13. The molecular weight excluding hydrogens is 196 g/mol. The summed E-state index contributed by atoms with van der Waals surface area (Å²) in [6, 6.07) is 10.4. The summed E-state index contributed by atoms with van der Waals surface area (Å²) < 4.78 is 2.31. The summed E-state index contributed by atoms with van der Waals surface area (Å²) in [5, 5.41) is 0. The van der Waals surface area contributed by atoms with Gasteiger partial charge in [0.05, 0.1) is 5.69 Å². The second kappa shape index (κ2) is 3.78. The quantitative estimate of drug-likeness (QED) is 0.710. The van der Waals surface area contributed by atoms with E-state index in [2.05, 4.69) is 42.0 Å². The fourth-order valence-electron chi connectivity index (χ4n) is 2.33. The van der Waals surface area contributed by atoms with Crippen LogP contribution in [0, 0.1) is 5.92 Å². The van der Waals surface area contributed by atoms with Gasteiger partial charge in [-0.05, 0) is 12.3 Å². The molecule has 2 heteroatoms. The molecule has 0 bridgehead atoms. The van der Waals surface area contributed by atoms with Crippen LogP contribution in [0.1, 0.15) is 19.2 Å². The highest BCUT2D eigenvalue weighted by Crippen LogP contribution is 2.24. The Kier molecular flexibility index (Phi) is 2.28. The molecule has 1 aromatic heterocycles. The largest absolute Gasteiger partial charge is 0.334 e. The van der Waals surface area contributed by atoms with Gasteiger partial charge < -0.3 is 4.57 Å². The first-order valence-electron chi connectivity index (χ1n) is 5.94. The number of benzene rings is 1. The highest BCUT2D eigenvalue weighted by molar-refractivity contribution is 5.58. The second-order valence-electron chi connectivity index (χ2n) is 4.70. The fourth-order valence-corrected chi connectivity index (χ4v) is 2.33. The molecule has 1 aliphatic heterocycles. The Morgan fingerprint density at radius 3 is 2.88 bits per heavy atom. The minimum absolute atomic E-state index is 0.776. The summed E-state index contributed by atoms with van der Waals surface area (Å²) in [7, 11) is 0. The molecule has 0 fully saturated rings. The maximum atomic E-state index is 4.73. The van der Waals surface area contributed by atoms with E-state index in [-0.39, 0.29) is 0 Å². The lowest BCUT2D eigenvalue weighted by Gasteiger charge is -2.18. The summed E-state index contributed by atoms with van der Waals surface area (Å²) >= 11 is 0. The predicted molar refractivity (Wildman–Crippen MR) is 65.1 cm³/mol. The van der Waals surface area contributed by atoms with E-state index in [1.165, 1.54) is 17.8 Å². The van der Waals surface area contributed by atoms with Crippen LogP contribution in [-0.4, -0.2) is 9.55 Å². The van der Waals surface area contributed by atoms with Crippen molar-refractivity contribution in [3.05, 3.63) is 42.4 Å². The third kappa shape index (κ3) is 1.64. The Morgan fingerprint density at radius 2 is 2.06 bits per heavy atom. The maximum absolute atomic E-state index is 4.73. The van der Waals surface area contributed by atoms with E-state index in [0.717, 1.165) is 24.6 Å². The summed E-state index contributed by atoms with van der Waals surface area (Å²) in [6.45, 7) is 3.43. The second-order valence-corrected chi connectivity index (χ2v) is 4.70. The third-order valence-electron chi connectivity index (χ3n) is 3.32. The van der Waals surface area contributed by atoms with Crippen LogP contribution in [0.3, 0.4) is 0 Å². The zero-order valence-electron chi connectivity index (χ0n) is 9.56. The van der Waals surface area contributed by atoms with Gasteiger partial charge in [0.2, 0.25) is 0 Å². The molecule has 0 saturated carbocycles. The molecule has 1 atom stereocenters. The van der Waals surface area contributed by atoms with Gasteiger partial charge >= 0.3 is 0 Å². The van der Waals surface area contributed by atoms with Crippen LogP contribution in [0.25, 0.3) is 11.3 Å². The summed E-state index contributed by atoms with van der Waals surface area (Å²) in [4.78, 5) is 4.73. The molecule has 0 spiro atoms. The highest BCUT2D eigenvalue weighted by atomic mass is 15.1. The molecule has 3 rings (SSSR count). The monoisotopic (exact) mass is 212 g/mol. The van der Waals surface area contributed by atoms with Crippen molar-refractivity contribution in [3.8, 4) is 11.3 Å². The number of hydrogen-bond donors (Lipinski definition) is 0. The fraction of sp³-hybridized carbons (Fsp3) is 0.357. The van der Waals surface area contributed by atoms with Gasteiger partial charge in [0, 0.05) is 24.7 Å². The van der Waals surface area contributed by atoms with Gasteiger partial charge in [-0.15, -0.1) is 0 Å². The lowest BCUT2D eigenvalue weighted by Crippen LogP contribution is -2.16. The van der Waals surface area contributed by atoms with E-state index in [0.29, 0.717) is 0 Å². The number of aryl methyl sites for hydroxylation is 1. The van der Waals surface area contributed by atoms with Crippen molar-refractivity contribution in [2.45, 2.75) is 26.3 Å². The first-order valence-corrected chi connectivity index (χ1v) is 5.94. The Labute approximate surface area is 95.9 Å². The normalized spacial score (nSPS) is 19.4. The molecule has 0 amide bonds. The van der Waals surface area contributed by atoms with Gasteiger partial charge in [-0.1, -0.05) is 37.3 Å². The number of rotatable bonds is 1. The average molecular weight is 212 g/mol. The Hall–Kier alpha value is -1.57. The summed E-state index contributed by atoms with van der Waals surface area (Å²) in [6.07, 6.45) is 4.58. The zero-order chi connectivity index (χ0) is 11.0. The van der Waals surface area contributed by atoms with Crippen molar-refractivity contribution in [2.24, 2.45) is 5.92 Å². The minimum atomic E-state index is 0.776. The van der Waals surface area contributed by atoms with Crippen LogP contribution >= 0.6 is 0 Å². The molecule has 1 aliphatic rings. The number of nitrogens with zero attached hydrogens (tertiary/aromatic N) is 2. The lowest BCUT2D eigenvalue weighted by atomic mass is 10.0. The van der Waals surface area contributed by atoms with E-state index in [1.54, 1.807) is 0 Å². The van der Waals surface area contributed by atoms with Crippen LogP contribution in [0.4, 0.5) is 0 Å². The first-order chi connectivity index (χ1) is 7.83. The van der Waals surface area contributed by atoms with Crippen molar-refractivity contribution in [2.75, 3.05) is 0 Å². The van der Waals surface area contributed by atoms with Gasteiger partial charge in [0.15, 0.2) is 0 Å². The van der Waals surface area contributed by atoms with Crippen LogP contribution in [0.15, 0.2) is 36.5 Å². The average Bonchev–Trinajstić information content (AvgIpc) is 2.73. The standard InChI is InChI=1S/C14H16N2/c1-11-7-8-16-10-13(15-14(16)9-11)12-5-3-2-4-6-12/h2-6,10-11H,7-9H2,1H3/t11-/m0/s1. The van der Waals surface area contributed by atoms with Gasteiger partial charge in [-0.2, -0.15) is 0 Å². The number of hydrogen-bond acceptors (Lipinski definition) is 1. The number of fused-ring (bicyclic) bond motifs is 1. The molecule has 1 aromatic carbocycles. The van der Waals surface area contributed by atoms with Crippen molar-refractivity contribution in [1.29, 1.82) is 0 Å². The minimum Gasteiger partial charge on any atom is -0.334 e.